The van der Waals surface area contributed by atoms with Crippen LogP contribution in [0.15, 0.2) is 48.8 Å². The van der Waals surface area contributed by atoms with Gasteiger partial charge < -0.3 is 26.2 Å². The van der Waals surface area contributed by atoms with Crippen LogP contribution in [0, 0.1) is 0 Å². The van der Waals surface area contributed by atoms with Gasteiger partial charge in [-0.2, -0.15) is 18.2 Å². The fourth-order valence-electron chi connectivity index (χ4n) is 3.26. The highest BCUT2D eigenvalue weighted by Gasteiger charge is 2.35. The zero-order valence-electron chi connectivity index (χ0n) is 20.6. The fourth-order valence-corrected chi connectivity index (χ4v) is 3.73. The van der Waals surface area contributed by atoms with E-state index in [4.69, 9.17) is 10.2 Å². The minimum Gasteiger partial charge on any atom is -0.395 e. The lowest BCUT2D eigenvalue weighted by Crippen LogP contribution is -2.35. The van der Waals surface area contributed by atoms with Crippen LogP contribution in [0.3, 0.4) is 0 Å². The van der Waals surface area contributed by atoms with Crippen molar-refractivity contribution in [2.75, 3.05) is 41.5 Å². The highest BCUT2D eigenvalue weighted by molar-refractivity contribution is 7.92. The zero-order chi connectivity index (χ0) is 27.9. The predicted molar refractivity (Wildman–Crippen MR) is 136 cm³/mol. The van der Waals surface area contributed by atoms with Gasteiger partial charge in [-0.1, -0.05) is 18.2 Å². The lowest BCUT2D eigenvalue weighted by atomic mass is 10.2. The first-order valence-electron chi connectivity index (χ1n) is 11.3. The SMILES string of the molecule is CN(c1ncccc1CNc1nc(Nc2ccc(CNC(CO)CO)cc2)ncc1C(F)(F)F)S(C)(=O)=O. The number of nitrogens with one attached hydrogen (secondary N) is 3. The Morgan fingerprint density at radius 1 is 1.05 bits per heavy atom. The first kappa shape index (κ1) is 29.0. The van der Waals surface area contributed by atoms with Crippen LogP contribution >= 0.6 is 0 Å². The summed E-state index contributed by atoms with van der Waals surface area (Å²) >= 11 is 0. The van der Waals surface area contributed by atoms with Gasteiger partial charge in [-0.25, -0.2) is 18.4 Å². The lowest BCUT2D eigenvalue weighted by molar-refractivity contribution is -0.137. The van der Waals surface area contributed by atoms with Crippen molar-refractivity contribution in [2.45, 2.75) is 25.3 Å². The van der Waals surface area contributed by atoms with E-state index in [2.05, 4.69) is 30.9 Å². The number of hydrogen-bond acceptors (Lipinski definition) is 10. The molecule has 0 saturated heterocycles. The Hall–Kier alpha value is -3.53. The molecule has 0 aliphatic heterocycles. The highest BCUT2D eigenvalue weighted by Crippen LogP contribution is 2.34. The summed E-state index contributed by atoms with van der Waals surface area (Å²) in [5.41, 5.74) is 0.623. The summed E-state index contributed by atoms with van der Waals surface area (Å²) in [6, 6.07) is 9.51. The topological polar surface area (TPSA) is 153 Å². The van der Waals surface area contributed by atoms with Crippen molar-refractivity contribution in [2.24, 2.45) is 0 Å². The van der Waals surface area contributed by atoms with Gasteiger partial charge in [-0.05, 0) is 23.8 Å². The molecule has 0 bridgehead atoms. The van der Waals surface area contributed by atoms with Crippen LogP contribution in [-0.2, 0) is 29.3 Å². The second-order valence-electron chi connectivity index (χ2n) is 8.29. The van der Waals surface area contributed by atoms with E-state index in [-0.39, 0.29) is 31.5 Å². The smallest absolute Gasteiger partial charge is 0.395 e. The molecular weight excluding hydrogens is 527 g/mol. The van der Waals surface area contributed by atoms with Crippen molar-refractivity contribution < 1.29 is 31.8 Å². The number of nitrogens with zero attached hydrogens (tertiary/aromatic N) is 4. The second-order valence-corrected chi connectivity index (χ2v) is 10.3. The molecule has 0 aliphatic carbocycles. The molecule has 38 heavy (non-hydrogen) atoms. The molecule has 3 rings (SSSR count). The second kappa shape index (κ2) is 12.3. The molecule has 11 nitrogen and oxygen atoms in total. The molecule has 2 heterocycles. The highest BCUT2D eigenvalue weighted by atomic mass is 32.2. The Morgan fingerprint density at radius 2 is 1.74 bits per heavy atom. The summed E-state index contributed by atoms with van der Waals surface area (Å²) < 4.78 is 65.8. The van der Waals surface area contributed by atoms with E-state index in [1.54, 1.807) is 36.4 Å². The molecule has 1 aromatic carbocycles. The van der Waals surface area contributed by atoms with Gasteiger partial charge in [0.25, 0.3) is 0 Å². The number of aromatic nitrogens is 3. The molecule has 0 radical (unpaired) electrons. The lowest BCUT2D eigenvalue weighted by Gasteiger charge is -2.20. The molecule has 0 amide bonds. The molecule has 0 fully saturated rings. The molecule has 3 aromatic rings. The molecule has 2 aromatic heterocycles. The standard InChI is InChI=1S/C23H28F3N7O4S/c1-33(38(2,36)37)21-16(4-3-9-27-21)11-29-20-19(23(24,25)26)12-30-22(32-20)31-17-7-5-15(6-8-17)10-28-18(13-34)14-35/h3-9,12,18,28,34-35H,10-11,13-14H2,1-2H3,(H2,29,30,31,32). The van der Waals surface area contributed by atoms with E-state index in [1.165, 1.54) is 13.2 Å². The molecule has 0 unspecified atom stereocenters. The van der Waals surface area contributed by atoms with Gasteiger partial charge >= 0.3 is 6.18 Å². The van der Waals surface area contributed by atoms with Crippen molar-refractivity contribution in [3.63, 3.8) is 0 Å². The number of aliphatic hydroxyl groups excluding tert-OH is 2. The minimum atomic E-state index is -4.74. The number of pyridine rings is 1. The number of rotatable bonds is 12. The van der Waals surface area contributed by atoms with Crippen molar-refractivity contribution in [1.29, 1.82) is 0 Å². The minimum absolute atomic E-state index is 0.0716. The molecule has 0 atom stereocenters. The van der Waals surface area contributed by atoms with Crippen molar-refractivity contribution in [1.82, 2.24) is 20.3 Å². The van der Waals surface area contributed by atoms with Gasteiger partial charge in [0.15, 0.2) is 0 Å². The molecule has 206 valence electrons. The van der Waals surface area contributed by atoms with Crippen LogP contribution < -0.4 is 20.3 Å². The van der Waals surface area contributed by atoms with E-state index in [1.807, 2.05) is 0 Å². The average Bonchev–Trinajstić information content (AvgIpc) is 2.87. The molecule has 15 heteroatoms. The third kappa shape index (κ3) is 7.74. The van der Waals surface area contributed by atoms with Crippen LogP contribution in [0.1, 0.15) is 16.7 Å². The number of halogens is 3. The molecule has 0 aliphatic rings. The third-order valence-corrected chi connectivity index (χ3v) is 6.62. The molecular formula is C23H28F3N7O4S. The Balaban J connectivity index is 1.79. The largest absolute Gasteiger partial charge is 0.421 e. The fraction of sp³-hybridized carbons (Fsp3) is 0.348. The van der Waals surface area contributed by atoms with Gasteiger partial charge in [0, 0.05) is 43.8 Å². The average molecular weight is 556 g/mol. The maximum atomic E-state index is 13.6. The summed E-state index contributed by atoms with van der Waals surface area (Å²) in [7, 11) is -2.35. The number of sulfonamides is 1. The number of anilines is 4. The molecule has 5 N–H and O–H groups in total. The number of alkyl halides is 3. The summed E-state index contributed by atoms with van der Waals surface area (Å²) in [6.07, 6.45) is -1.70. The van der Waals surface area contributed by atoms with E-state index >= 15 is 0 Å². The van der Waals surface area contributed by atoms with Crippen LogP contribution in [0.5, 0.6) is 0 Å². The monoisotopic (exact) mass is 555 g/mol. The van der Waals surface area contributed by atoms with Crippen LogP contribution in [0.4, 0.5) is 36.4 Å². The maximum Gasteiger partial charge on any atom is 0.421 e. The van der Waals surface area contributed by atoms with E-state index in [9.17, 15) is 21.6 Å². The number of benzene rings is 1. The van der Waals surface area contributed by atoms with Gasteiger partial charge in [0.2, 0.25) is 16.0 Å². The van der Waals surface area contributed by atoms with Crippen LogP contribution in [0.2, 0.25) is 0 Å². The summed E-state index contributed by atoms with van der Waals surface area (Å²) in [5, 5.41) is 26.7. The number of hydrogen-bond donors (Lipinski definition) is 5. The maximum absolute atomic E-state index is 13.6. The van der Waals surface area contributed by atoms with Crippen molar-refractivity contribution in [3.8, 4) is 0 Å². The summed E-state index contributed by atoms with van der Waals surface area (Å²) in [4.78, 5) is 11.8. The Labute approximate surface area is 217 Å². The third-order valence-electron chi connectivity index (χ3n) is 5.45. The molecule has 0 saturated carbocycles. The first-order chi connectivity index (χ1) is 17.9. The van der Waals surface area contributed by atoms with Crippen molar-refractivity contribution in [3.05, 3.63) is 65.5 Å². The predicted octanol–water partition coefficient (Wildman–Crippen LogP) is 2.08. The zero-order valence-corrected chi connectivity index (χ0v) is 21.4. The van der Waals surface area contributed by atoms with Crippen LogP contribution in [0.25, 0.3) is 0 Å². The van der Waals surface area contributed by atoms with E-state index < -0.39 is 33.6 Å². The normalized spacial score (nSPS) is 12.0. The Bertz CT molecular complexity index is 1320. The quantitative estimate of drug-likeness (QED) is 0.225. The Kier molecular flexibility index (Phi) is 9.43. The van der Waals surface area contributed by atoms with Gasteiger partial charge in [0.05, 0.1) is 25.5 Å². The van der Waals surface area contributed by atoms with Crippen LogP contribution in [-0.4, -0.2) is 66.1 Å². The number of aliphatic hydroxyl groups is 2. The summed E-state index contributed by atoms with van der Waals surface area (Å²) in [5.74, 6) is -0.513. The molecule has 0 spiro atoms. The van der Waals surface area contributed by atoms with Crippen molar-refractivity contribution >= 4 is 33.3 Å². The van der Waals surface area contributed by atoms with E-state index in [0.717, 1.165) is 16.1 Å². The van der Waals surface area contributed by atoms with Gasteiger partial charge in [-0.15, -0.1) is 0 Å². The van der Waals surface area contributed by atoms with Gasteiger partial charge in [0.1, 0.15) is 17.2 Å². The summed E-state index contributed by atoms with van der Waals surface area (Å²) in [6.45, 7) is -0.225. The van der Waals surface area contributed by atoms with E-state index in [0.29, 0.717) is 24.0 Å². The first-order valence-corrected chi connectivity index (χ1v) is 13.1. The van der Waals surface area contributed by atoms with Gasteiger partial charge in [-0.3, -0.25) is 4.31 Å². The Morgan fingerprint density at radius 3 is 2.34 bits per heavy atom.